The van der Waals surface area contributed by atoms with E-state index in [1.807, 2.05) is 0 Å². The summed E-state index contributed by atoms with van der Waals surface area (Å²) < 4.78 is 24.6. The fraction of sp³-hybridized carbons (Fsp3) is 0.125. The van der Waals surface area contributed by atoms with Crippen LogP contribution in [0.25, 0.3) is 0 Å². The van der Waals surface area contributed by atoms with E-state index in [9.17, 15) is 13.6 Å². The number of hydrogen-bond donors (Lipinski definition) is 0. The average molecular weight is 295 g/mol. The largest absolute Gasteiger partial charge is 0.275 e. The molecule has 3 nitrogen and oxygen atoms in total. The number of rotatable bonds is 2. The molecule has 0 aromatic carbocycles. The van der Waals surface area contributed by atoms with Crippen LogP contribution in [0, 0.1) is 11.3 Å². The third-order valence-electron chi connectivity index (χ3n) is 1.58. The van der Waals surface area contributed by atoms with Gasteiger partial charge < -0.3 is 0 Å². The van der Waals surface area contributed by atoms with Gasteiger partial charge in [0.15, 0.2) is 5.69 Å². The van der Waals surface area contributed by atoms with Gasteiger partial charge in [0.2, 0.25) is 0 Å². The Kier molecular flexibility index (Phi) is 3.72. The maximum Gasteiger partial charge on any atom is 0.266 e. The first-order valence-electron chi connectivity index (χ1n) is 3.55. The second kappa shape index (κ2) is 4.64. The lowest BCUT2D eigenvalue weighted by molar-refractivity contribution is 0.107. The zero-order valence-electron chi connectivity index (χ0n) is 6.97. The van der Waals surface area contributed by atoms with Gasteiger partial charge in [0, 0.05) is 10.7 Å². The molecule has 7 heteroatoms. The quantitative estimate of drug-likeness (QED) is 0.788. The van der Waals surface area contributed by atoms with E-state index in [1.165, 1.54) is 0 Å². The highest BCUT2D eigenvalue weighted by Gasteiger charge is 2.22. The smallest absolute Gasteiger partial charge is 0.266 e. The molecule has 0 saturated heterocycles. The van der Waals surface area contributed by atoms with Crippen LogP contribution in [-0.4, -0.2) is 10.2 Å². The predicted octanol–water partition coefficient (Wildman–Crippen LogP) is 3.03. The van der Waals surface area contributed by atoms with Crippen molar-refractivity contribution in [3.63, 3.8) is 0 Å². The van der Waals surface area contributed by atoms with E-state index >= 15 is 0 Å². The van der Waals surface area contributed by atoms with Crippen molar-refractivity contribution in [3.8, 4) is 6.07 Å². The number of carbonyl (C=O) groups is 1. The second-order valence-electron chi connectivity index (χ2n) is 2.44. The van der Waals surface area contributed by atoms with Gasteiger partial charge >= 0.3 is 0 Å². The second-order valence-corrected chi connectivity index (χ2v) is 3.57. The molecule has 0 N–H and O–H groups in total. The number of pyridine rings is 1. The highest BCUT2D eigenvalue weighted by Crippen LogP contribution is 2.31. The summed E-state index contributed by atoms with van der Waals surface area (Å²) in [5.41, 5.74) is -1.10. The van der Waals surface area contributed by atoms with Crippen LogP contribution in [-0.2, 0) is 0 Å². The molecule has 78 valence electrons. The Morgan fingerprint density at radius 2 is 2.27 bits per heavy atom. The maximum atomic E-state index is 12.4. The minimum absolute atomic E-state index is 0.191. The molecule has 0 amide bonds. The number of aromatic nitrogens is 1. The Hall–Kier alpha value is -1.06. The van der Waals surface area contributed by atoms with E-state index in [2.05, 4.69) is 20.9 Å². The fourth-order valence-electron chi connectivity index (χ4n) is 0.920. The number of nitrogens with zero attached hydrogens (tertiary/aromatic N) is 2. The molecule has 0 radical (unpaired) electrons. The first-order valence-corrected chi connectivity index (χ1v) is 4.72. The van der Waals surface area contributed by atoms with Gasteiger partial charge in [-0.05, 0) is 27.5 Å². The molecular formula is C8H2BrClF2N2O. The van der Waals surface area contributed by atoms with Crippen molar-refractivity contribution in [1.82, 2.24) is 4.98 Å². The predicted molar refractivity (Wildman–Crippen MR) is 51.8 cm³/mol. The summed E-state index contributed by atoms with van der Waals surface area (Å²) in [4.78, 5) is 14.3. The van der Waals surface area contributed by atoms with E-state index in [-0.39, 0.29) is 15.7 Å². The lowest BCUT2D eigenvalue weighted by atomic mass is 10.1. The van der Waals surface area contributed by atoms with Gasteiger partial charge in [0.05, 0.1) is 11.1 Å². The van der Waals surface area contributed by atoms with Crippen LogP contribution in [0.4, 0.5) is 8.78 Å². The molecule has 0 bridgehead atoms. The zero-order valence-corrected chi connectivity index (χ0v) is 9.31. The third-order valence-corrected chi connectivity index (χ3v) is 2.62. The number of nitriles is 1. The van der Waals surface area contributed by atoms with Crippen molar-refractivity contribution < 1.29 is 13.6 Å². The lowest BCUT2D eigenvalue weighted by Gasteiger charge is -2.06. The van der Waals surface area contributed by atoms with Gasteiger partial charge in [-0.25, -0.2) is 13.8 Å². The molecule has 0 unspecified atom stereocenters. The summed E-state index contributed by atoms with van der Waals surface area (Å²) >= 11 is 7.96. The SMILES string of the molecule is N#Cc1ncc(C(F)F)c(Br)c1C(=O)Cl. The molecule has 0 aliphatic carbocycles. The highest BCUT2D eigenvalue weighted by atomic mass is 79.9. The fourth-order valence-corrected chi connectivity index (χ4v) is 1.86. The molecular weight excluding hydrogens is 293 g/mol. The van der Waals surface area contributed by atoms with E-state index in [4.69, 9.17) is 16.9 Å². The minimum atomic E-state index is -2.80. The molecule has 1 heterocycles. The standard InChI is InChI=1S/C8H2BrClF2N2O/c9-6-3(8(11)12)2-14-4(1-13)5(6)7(10)15/h2,8H. The van der Waals surface area contributed by atoms with Crippen LogP contribution in [0.2, 0.25) is 0 Å². The van der Waals surface area contributed by atoms with Gasteiger partial charge in [0.25, 0.3) is 11.7 Å². The Bertz CT molecular complexity index is 459. The molecule has 1 rings (SSSR count). The number of halogens is 4. The van der Waals surface area contributed by atoms with Crippen molar-refractivity contribution >= 4 is 32.8 Å². The van der Waals surface area contributed by atoms with Gasteiger partial charge in [-0.3, -0.25) is 4.79 Å². The van der Waals surface area contributed by atoms with Gasteiger partial charge in [0.1, 0.15) is 6.07 Å². The van der Waals surface area contributed by atoms with Crippen LogP contribution in [0.15, 0.2) is 10.7 Å². The lowest BCUT2D eigenvalue weighted by Crippen LogP contribution is -2.03. The first-order chi connectivity index (χ1) is 6.99. The molecule has 15 heavy (non-hydrogen) atoms. The Labute approximate surface area is 96.8 Å². The summed E-state index contributed by atoms with van der Waals surface area (Å²) in [6, 6.07) is 1.59. The molecule has 0 aliphatic rings. The summed E-state index contributed by atoms with van der Waals surface area (Å²) in [5.74, 6) is 0. The molecule has 0 saturated carbocycles. The summed E-state index contributed by atoms with van der Waals surface area (Å²) in [7, 11) is 0. The third kappa shape index (κ3) is 2.30. The van der Waals surface area contributed by atoms with E-state index in [0.717, 1.165) is 6.20 Å². The normalized spacial score (nSPS) is 10.1. The van der Waals surface area contributed by atoms with Crippen LogP contribution in [0.1, 0.15) is 28.0 Å². The minimum Gasteiger partial charge on any atom is -0.275 e. The molecule has 0 aliphatic heterocycles. The number of alkyl halides is 2. The average Bonchev–Trinajstić information content (AvgIpc) is 2.15. The zero-order chi connectivity index (χ0) is 11.6. The topological polar surface area (TPSA) is 53.8 Å². The van der Waals surface area contributed by atoms with Crippen molar-refractivity contribution in [1.29, 1.82) is 5.26 Å². The summed E-state index contributed by atoms with van der Waals surface area (Å²) in [5, 5.41) is 7.58. The van der Waals surface area contributed by atoms with Crippen LogP contribution in [0.5, 0.6) is 0 Å². The van der Waals surface area contributed by atoms with Crippen molar-refractivity contribution in [3.05, 3.63) is 27.5 Å². The van der Waals surface area contributed by atoms with E-state index in [0.29, 0.717) is 0 Å². The van der Waals surface area contributed by atoms with Gasteiger partial charge in [-0.1, -0.05) is 0 Å². The van der Waals surface area contributed by atoms with Crippen molar-refractivity contribution in [2.75, 3.05) is 0 Å². The molecule has 0 fully saturated rings. The van der Waals surface area contributed by atoms with E-state index < -0.39 is 17.2 Å². The van der Waals surface area contributed by atoms with E-state index in [1.54, 1.807) is 6.07 Å². The first kappa shape index (κ1) is 12.0. The highest BCUT2D eigenvalue weighted by molar-refractivity contribution is 9.10. The monoisotopic (exact) mass is 294 g/mol. The Morgan fingerprint density at radius 1 is 1.67 bits per heavy atom. The summed E-state index contributed by atoms with van der Waals surface area (Å²) in [6.07, 6.45) is -1.97. The molecule has 0 spiro atoms. The number of carbonyl (C=O) groups excluding carboxylic acids is 1. The molecule has 1 aromatic rings. The van der Waals surface area contributed by atoms with Crippen molar-refractivity contribution in [2.45, 2.75) is 6.43 Å². The van der Waals surface area contributed by atoms with Crippen LogP contribution in [0.3, 0.4) is 0 Å². The summed E-state index contributed by atoms with van der Waals surface area (Å²) in [6.45, 7) is 0. The molecule has 0 atom stereocenters. The van der Waals surface area contributed by atoms with Crippen LogP contribution < -0.4 is 0 Å². The Balaban J connectivity index is 3.51. The van der Waals surface area contributed by atoms with Crippen LogP contribution >= 0.6 is 27.5 Å². The Morgan fingerprint density at radius 3 is 2.67 bits per heavy atom. The van der Waals surface area contributed by atoms with Gasteiger partial charge in [-0.2, -0.15) is 5.26 Å². The maximum absolute atomic E-state index is 12.4. The molecule has 1 aromatic heterocycles. The van der Waals surface area contributed by atoms with Gasteiger partial charge in [-0.15, -0.1) is 0 Å². The van der Waals surface area contributed by atoms with Crippen molar-refractivity contribution in [2.24, 2.45) is 0 Å². The number of hydrogen-bond acceptors (Lipinski definition) is 3.